The zero-order valence-corrected chi connectivity index (χ0v) is 15.8. The van der Waals surface area contributed by atoms with Gasteiger partial charge in [0.15, 0.2) is 0 Å². The van der Waals surface area contributed by atoms with E-state index in [0.29, 0.717) is 0 Å². The van der Waals surface area contributed by atoms with Gasteiger partial charge in [0.2, 0.25) is 5.60 Å². The van der Waals surface area contributed by atoms with Crippen molar-refractivity contribution in [2.45, 2.75) is 35.8 Å². The molecule has 0 radical (unpaired) electrons. The second-order valence-corrected chi connectivity index (χ2v) is 8.78. The Labute approximate surface area is 165 Å². The van der Waals surface area contributed by atoms with Crippen LogP contribution in [0.3, 0.4) is 0 Å². The minimum Gasteiger partial charge on any atom is -0.462 e. The number of alkyl halides is 7. The molecule has 0 saturated heterocycles. The van der Waals surface area contributed by atoms with E-state index in [1.165, 1.54) is 0 Å². The Morgan fingerprint density at radius 2 is 1.73 bits per heavy atom. The first-order valence-electron chi connectivity index (χ1n) is 8.30. The van der Waals surface area contributed by atoms with Crippen LogP contribution in [0.2, 0.25) is 0 Å². The summed E-state index contributed by atoms with van der Waals surface area (Å²) < 4.78 is 131. The topological polar surface area (TPSA) is 110 Å². The van der Waals surface area contributed by atoms with Crippen molar-refractivity contribution in [1.82, 2.24) is 0 Å². The molecule has 2 bridgehead atoms. The van der Waals surface area contributed by atoms with Crippen LogP contribution < -0.4 is 0 Å². The SMILES string of the molecule is C=C(COCC(F)(F)S(=O)(=O)O)C(=O)OCC1CC2CC1C(F)(F)C2(O)C(F)(F)F. The van der Waals surface area contributed by atoms with E-state index in [4.69, 9.17) is 4.55 Å². The fourth-order valence-electron chi connectivity index (χ4n) is 3.78. The van der Waals surface area contributed by atoms with Crippen LogP contribution in [-0.2, 0) is 24.4 Å². The molecule has 4 atom stereocenters. The number of halogens is 7. The third-order valence-corrected chi connectivity index (χ3v) is 6.21. The average molecular weight is 474 g/mol. The Morgan fingerprint density at radius 3 is 2.20 bits per heavy atom. The molecule has 0 aromatic rings. The number of ether oxygens (including phenoxy) is 2. The number of hydrogen-bond donors (Lipinski definition) is 2. The first kappa shape index (κ1) is 24.8. The van der Waals surface area contributed by atoms with Gasteiger partial charge in [0.1, 0.15) is 6.61 Å². The largest absolute Gasteiger partial charge is 0.462 e. The van der Waals surface area contributed by atoms with Crippen LogP contribution in [0.25, 0.3) is 0 Å². The maximum atomic E-state index is 14.2. The second kappa shape index (κ2) is 7.60. The van der Waals surface area contributed by atoms with Crippen LogP contribution in [0.15, 0.2) is 12.2 Å². The first-order valence-corrected chi connectivity index (χ1v) is 9.74. The summed E-state index contributed by atoms with van der Waals surface area (Å²) in [7, 11) is -5.75. The zero-order chi connectivity index (χ0) is 23.3. The van der Waals surface area contributed by atoms with Gasteiger partial charge in [0.05, 0.1) is 18.8 Å². The summed E-state index contributed by atoms with van der Waals surface area (Å²) >= 11 is 0. The fraction of sp³-hybridized carbons (Fsp3) is 0.800. The molecule has 0 aromatic carbocycles. The van der Waals surface area contributed by atoms with Crippen molar-refractivity contribution >= 4 is 16.1 Å². The molecule has 2 aliphatic rings. The molecule has 2 aliphatic carbocycles. The van der Waals surface area contributed by atoms with Gasteiger partial charge >= 0.3 is 27.5 Å². The van der Waals surface area contributed by atoms with Crippen molar-refractivity contribution in [2.75, 3.05) is 19.8 Å². The normalized spacial score (nSPS) is 31.0. The van der Waals surface area contributed by atoms with Crippen molar-refractivity contribution < 1.29 is 63.1 Å². The number of hydrogen-bond acceptors (Lipinski definition) is 6. The highest BCUT2D eigenvalue weighted by molar-refractivity contribution is 7.86. The van der Waals surface area contributed by atoms with E-state index in [1.54, 1.807) is 0 Å². The van der Waals surface area contributed by atoms with Crippen LogP contribution in [0.1, 0.15) is 12.8 Å². The molecule has 2 rings (SSSR count). The molecule has 2 fully saturated rings. The lowest BCUT2D eigenvalue weighted by molar-refractivity contribution is -0.351. The summed E-state index contributed by atoms with van der Waals surface area (Å²) in [6, 6.07) is 0. The lowest BCUT2D eigenvalue weighted by Crippen LogP contribution is -2.63. The molecule has 2 N–H and O–H groups in total. The van der Waals surface area contributed by atoms with E-state index in [2.05, 4.69) is 16.1 Å². The van der Waals surface area contributed by atoms with Crippen LogP contribution in [0, 0.1) is 17.8 Å². The lowest BCUT2D eigenvalue weighted by Gasteiger charge is -2.42. The Kier molecular flexibility index (Phi) is 6.29. The maximum absolute atomic E-state index is 14.2. The Morgan fingerprint density at radius 1 is 1.17 bits per heavy atom. The predicted octanol–water partition coefficient (Wildman–Crippen LogP) is 2.17. The molecule has 0 amide bonds. The van der Waals surface area contributed by atoms with Gasteiger partial charge in [-0.05, 0) is 12.8 Å². The number of rotatable bonds is 8. The van der Waals surface area contributed by atoms with Crippen molar-refractivity contribution in [2.24, 2.45) is 17.8 Å². The summed E-state index contributed by atoms with van der Waals surface area (Å²) in [5, 5.41) is 4.96. The molecule has 0 aliphatic heterocycles. The monoisotopic (exact) mass is 474 g/mol. The van der Waals surface area contributed by atoms with E-state index >= 15 is 0 Å². The summed E-state index contributed by atoms with van der Waals surface area (Å²) in [6.45, 7) is -0.379. The predicted molar refractivity (Wildman–Crippen MR) is 83.1 cm³/mol. The highest BCUT2D eigenvalue weighted by Crippen LogP contribution is 2.66. The van der Waals surface area contributed by atoms with E-state index < -0.39 is 95.0 Å². The smallest absolute Gasteiger partial charge is 0.423 e. The summed E-state index contributed by atoms with van der Waals surface area (Å²) in [5.41, 5.74) is -4.77. The van der Waals surface area contributed by atoms with Crippen molar-refractivity contribution in [3.05, 3.63) is 12.2 Å². The van der Waals surface area contributed by atoms with E-state index in [1.807, 2.05) is 0 Å². The van der Waals surface area contributed by atoms with Gasteiger partial charge in [0.25, 0.3) is 5.92 Å². The second-order valence-electron chi connectivity index (χ2n) is 7.23. The molecular weight excluding hydrogens is 457 g/mol. The van der Waals surface area contributed by atoms with Crippen LogP contribution in [-0.4, -0.2) is 66.8 Å². The summed E-state index contributed by atoms with van der Waals surface area (Å²) in [6.07, 6.45) is -6.65. The summed E-state index contributed by atoms with van der Waals surface area (Å²) in [5.74, 6) is -10.6. The fourth-order valence-corrected chi connectivity index (χ4v) is 4.01. The quantitative estimate of drug-likeness (QED) is 0.240. The van der Waals surface area contributed by atoms with Crippen LogP contribution in [0.5, 0.6) is 0 Å². The molecule has 15 heteroatoms. The molecule has 0 aromatic heterocycles. The Hall–Kier alpha value is -1.45. The molecule has 30 heavy (non-hydrogen) atoms. The number of fused-ring (bicyclic) bond motifs is 2. The third kappa shape index (κ3) is 4.03. The molecular formula is C15H17F7O7S. The van der Waals surface area contributed by atoms with E-state index in [-0.39, 0.29) is 0 Å². The van der Waals surface area contributed by atoms with Gasteiger partial charge in [-0.1, -0.05) is 6.58 Å². The van der Waals surface area contributed by atoms with Gasteiger partial charge in [0, 0.05) is 17.8 Å². The minimum atomic E-state index is -5.75. The number of esters is 1. The van der Waals surface area contributed by atoms with Crippen molar-refractivity contribution in [3.8, 4) is 0 Å². The standard InChI is InChI=1S/C15H17F7O7S/c1-7(4-28-6-12(16,17)30(25,26)27)11(23)29-5-8-2-9-3-10(8)14(18,19)13(9,24)15(20,21)22/h8-10,24H,1-6H2,(H,25,26,27). The highest BCUT2D eigenvalue weighted by Gasteiger charge is 2.81. The Balaban J connectivity index is 1.88. The van der Waals surface area contributed by atoms with Crippen molar-refractivity contribution in [3.63, 3.8) is 0 Å². The highest BCUT2D eigenvalue weighted by atomic mass is 32.2. The minimum absolute atomic E-state index is 0.479. The average Bonchev–Trinajstić information content (AvgIpc) is 3.08. The van der Waals surface area contributed by atoms with Crippen LogP contribution >= 0.6 is 0 Å². The van der Waals surface area contributed by atoms with Gasteiger partial charge in [-0.2, -0.15) is 30.4 Å². The van der Waals surface area contributed by atoms with E-state index in [9.17, 15) is 49.1 Å². The van der Waals surface area contributed by atoms with Crippen molar-refractivity contribution in [1.29, 1.82) is 0 Å². The molecule has 174 valence electrons. The first-order chi connectivity index (χ1) is 13.4. The lowest BCUT2D eigenvalue weighted by atomic mass is 9.75. The van der Waals surface area contributed by atoms with E-state index in [0.717, 1.165) is 0 Å². The molecule has 4 unspecified atom stereocenters. The number of aliphatic hydroxyl groups is 1. The van der Waals surface area contributed by atoms with Gasteiger partial charge < -0.3 is 14.6 Å². The molecule has 0 heterocycles. The number of carbonyl (C=O) groups is 1. The van der Waals surface area contributed by atoms with Gasteiger partial charge in [-0.15, -0.1) is 0 Å². The Bertz CT molecular complexity index is 811. The third-order valence-electron chi connectivity index (χ3n) is 5.33. The zero-order valence-electron chi connectivity index (χ0n) is 15.0. The summed E-state index contributed by atoms with van der Waals surface area (Å²) in [4.78, 5) is 11.7. The molecule has 0 spiro atoms. The molecule has 2 saturated carbocycles. The van der Waals surface area contributed by atoms with Crippen LogP contribution in [0.4, 0.5) is 30.7 Å². The van der Waals surface area contributed by atoms with Gasteiger partial charge in [-0.25, -0.2) is 13.6 Å². The number of carbonyl (C=O) groups excluding carboxylic acids is 1. The van der Waals surface area contributed by atoms with Gasteiger partial charge in [-0.3, -0.25) is 4.55 Å². The maximum Gasteiger partial charge on any atom is 0.423 e. The molecule has 7 nitrogen and oxygen atoms in total.